The van der Waals surface area contributed by atoms with E-state index in [9.17, 15) is 9.59 Å². The number of hydrogen-bond donors (Lipinski definition) is 0. The van der Waals surface area contributed by atoms with Gasteiger partial charge in [-0.05, 0) is 17.3 Å². The first kappa shape index (κ1) is 14.8. The van der Waals surface area contributed by atoms with Crippen molar-refractivity contribution in [3.8, 4) is 0 Å². The summed E-state index contributed by atoms with van der Waals surface area (Å²) in [7, 11) is 0. The molecule has 3 aliphatic rings. The molecule has 2 saturated heterocycles. The Morgan fingerprint density at radius 2 is 1.48 bits per heavy atom. The number of carbonyl (C=O) groups is 2. The van der Waals surface area contributed by atoms with Gasteiger partial charge in [0, 0.05) is 6.54 Å². The molecule has 21 heavy (non-hydrogen) atoms. The summed E-state index contributed by atoms with van der Waals surface area (Å²) in [6.07, 6.45) is 4.45. The zero-order valence-corrected chi connectivity index (χ0v) is 13.6. The number of imide groups is 1. The van der Waals surface area contributed by atoms with Gasteiger partial charge in [0.05, 0.1) is 24.0 Å². The molecule has 0 aromatic carbocycles. The van der Waals surface area contributed by atoms with Gasteiger partial charge < -0.3 is 4.74 Å². The summed E-state index contributed by atoms with van der Waals surface area (Å²) < 4.78 is 5.66. The fourth-order valence-electron chi connectivity index (χ4n) is 4.44. The van der Waals surface area contributed by atoms with Crippen molar-refractivity contribution in [2.24, 2.45) is 22.7 Å². The van der Waals surface area contributed by atoms with Crippen LogP contribution in [0.5, 0.6) is 0 Å². The Kier molecular flexibility index (Phi) is 3.11. The minimum Gasteiger partial charge on any atom is -0.365 e. The lowest BCUT2D eigenvalue weighted by atomic mass is 9.76. The highest BCUT2D eigenvalue weighted by atomic mass is 16.5. The van der Waals surface area contributed by atoms with Gasteiger partial charge in [0.25, 0.3) is 0 Å². The molecule has 0 aromatic rings. The monoisotopic (exact) mass is 291 g/mol. The van der Waals surface area contributed by atoms with Crippen molar-refractivity contribution >= 4 is 11.8 Å². The van der Waals surface area contributed by atoms with Crippen molar-refractivity contribution in [1.82, 2.24) is 4.90 Å². The molecule has 0 aliphatic carbocycles. The third kappa shape index (κ3) is 2.44. The predicted octanol–water partition coefficient (Wildman–Crippen LogP) is 2.39. The largest absolute Gasteiger partial charge is 0.365 e. The zero-order chi connectivity index (χ0) is 15.6. The van der Waals surface area contributed by atoms with E-state index < -0.39 is 0 Å². The second kappa shape index (κ2) is 4.42. The number of hydrogen-bond acceptors (Lipinski definition) is 3. The van der Waals surface area contributed by atoms with Gasteiger partial charge in [-0.25, -0.2) is 0 Å². The van der Waals surface area contributed by atoms with Gasteiger partial charge in [-0.15, -0.1) is 0 Å². The first-order chi connectivity index (χ1) is 9.59. The fourth-order valence-corrected chi connectivity index (χ4v) is 4.44. The van der Waals surface area contributed by atoms with Crippen molar-refractivity contribution in [1.29, 1.82) is 0 Å². The molecule has 2 bridgehead atoms. The molecule has 3 aliphatic heterocycles. The van der Waals surface area contributed by atoms with Gasteiger partial charge in [-0.1, -0.05) is 46.8 Å². The normalized spacial score (nSPS) is 35.0. The molecular formula is C17H25NO3. The minimum absolute atomic E-state index is 0.0381. The summed E-state index contributed by atoms with van der Waals surface area (Å²) in [6, 6.07) is 0. The highest BCUT2D eigenvalue weighted by Crippen LogP contribution is 2.46. The van der Waals surface area contributed by atoms with E-state index in [2.05, 4.69) is 34.6 Å². The fraction of sp³-hybridized carbons (Fsp3) is 0.765. The highest BCUT2D eigenvalue weighted by molar-refractivity contribution is 6.06. The van der Waals surface area contributed by atoms with Gasteiger partial charge in [0.1, 0.15) is 0 Å². The first-order valence-corrected chi connectivity index (χ1v) is 7.78. The molecule has 4 atom stereocenters. The van der Waals surface area contributed by atoms with Crippen molar-refractivity contribution < 1.29 is 14.3 Å². The molecule has 2 fully saturated rings. The van der Waals surface area contributed by atoms with Crippen molar-refractivity contribution in [3.05, 3.63) is 12.2 Å². The topological polar surface area (TPSA) is 46.6 Å². The van der Waals surface area contributed by atoms with Crippen LogP contribution in [0, 0.1) is 22.7 Å². The number of ether oxygens (including phenoxy) is 1. The molecule has 4 unspecified atom stereocenters. The molecule has 0 radical (unpaired) electrons. The molecule has 4 nitrogen and oxygen atoms in total. The van der Waals surface area contributed by atoms with Crippen LogP contribution in [0.3, 0.4) is 0 Å². The first-order valence-electron chi connectivity index (χ1n) is 7.78. The number of amides is 2. The molecular weight excluding hydrogens is 266 g/mol. The summed E-state index contributed by atoms with van der Waals surface area (Å²) in [5.41, 5.74) is 0.102. The van der Waals surface area contributed by atoms with Crippen molar-refractivity contribution in [2.75, 3.05) is 6.54 Å². The number of nitrogens with zero attached hydrogens (tertiary/aromatic N) is 1. The summed E-state index contributed by atoms with van der Waals surface area (Å²) in [4.78, 5) is 26.7. The van der Waals surface area contributed by atoms with Gasteiger partial charge in [0.15, 0.2) is 0 Å². The van der Waals surface area contributed by atoms with E-state index in [0.717, 1.165) is 6.42 Å². The number of likely N-dealkylation sites (tertiary alicyclic amines) is 1. The lowest BCUT2D eigenvalue weighted by Gasteiger charge is -2.35. The molecule has 4 heteroatoms. The smallest absolute Gasteiger partial charge is 0.236 e. The van der Waals surface area contributed by atoms with Crippen LogP contribution in [0.25, 0.3) is 0 Å². The molecule has 0 N–H and O–H groups in total. The Morgan fingerprint density at radius 3 is 1.90 bits per heavy atom. The SMILES string of the molecule is CC(C)(C)CC(C)(C)CN1C(=O)C2C3C=CC(O3)C2C1=O. The Hall–Kier alpha value is -1.16. The lowest BCUT2D eigenvalue weighted by molar-refractivity contribution is -0.144. The maximum Gasteiger partial charge on any atom is 0.236 e. The van der Waals surface area contributed by atoms with Crippen LogP contribution in [0.1, 0.15) is 41.0 Å². The van der Waals surface area contributed by atoms with Gasteiger partial charge >= 0.3 is 0 Å². The summed E-state index contributed by atoms with van der Waals surface area (Å²) in [5, 5.41) is 0. The molecule has 2 amide bonds. The quantitative estimate of drug-likeness (QED) is 0.592. The van der Waals surface area contributed by atoms with E-state index in [1.165, 1.54) is 4.90 Å². The standard InChI is InChI=1S/C17H25NO3/c1-16(2,3)8-17(4,5)9-18-14(19)12-10-6-7-11(21-10)13(12)15(18)20/h6-7,10-13H,8-9H2,1-5H3. The third-order valence-electron chi connectivity index (χ3n) is 4.60. The van der Waals surface area contributed by atoms with E-state index >= 15 is 0 Å². The molecule has 116 valence electrons. The molecule has 3 heterocycles. The van der Waals surface area contributed by atoms with Crippen molar-refractivity contribution in [2.45, 2.75) is 53.2 Å². The van der Waals surface area contributed by atoms with E-state index in [-0.39, 0.29) is 46.7 Å². The zero-order valence-electron chi connectivity index (χ0n) is 13.6. The highest BCUT2D eigenvalue weighted by Gasteiger charge is 2.61. The van der Waals surface area contributed by atoms with Crippen LogP contribution in [0.15, 0.2) is 12.2 Å². The lowest BCUT2D eigenvalue weighted by Crippen LogP contribution is -2.42. The summed E-state index contributed by atoms with van der Waals surface area (Å²) in [5.74, 6) is -0.636. The number of rotatable bonds is 3. The predicted molar refractivity (Wildman–Crippen MR) is 79.4 cm³/mol. The minimum atomic E-state index is -0.280. The van der Waals surface area contributed by atoms with Crippen LogP contribution >= 0.6 is 0 Å². The van der Waals surface area contributed by atoms with E-state index in [1.807, 2.05) is 12.2 Å². The summed E-state index contributed by atoms with van der Waals surface area (Å²) in [6.45, 7) is 11.3. The molecule has 3 rings (SSSR count). The van der Waals surface area contributed by atoms with Gasteiger partial charge in [-0.3, -0.25) is 14.5 Å². The number of carbonyl (C=O) groups excluding carboxylic acids is 2. The third-order valence-corrected chi connectivity index (χ3v) is 4.60. The average Bonchev–Trinajstić information content (AvgIpc) is 2.95. The molecule has 0 spiro atoms. The second-order valence-electron chi connectivity index (χ2n) is 8.67. The van der Waals surface area contributed by atoms with Gasteiger partial charge in [-0.2, -0.15) is 0 Å². The maximum absolute atomic E-state index is 12.6. The Bertz CT molecular complexity index is 485. The number of fused-ring (bicyclic) bond motifs is 5. The van der Waals surface area contributed by atoms with Crippen LogP contribution in [-0.4, -0.2) is 35.5 Å². The van der Waals surface area contributed by atoms with E-state index in [1.54, 1.807) is 0 Å². The maximum atomic E-state index is 12.6. The Labute approximate surface area is 126 Å². The van der Waals surface area contributed by atoms with Crippen LogP contribution in [0.2, 0.25) is 0 Å². The Balaban J connectivity index is 1.76. The summed E-state index contributed by atoms with van der Waals surface area (Å²) >= 11 is 0. The second-order valence-corrected chi connectivity index (χ2v) is 8.67. The van der Waals surface area contributed by atoms with Crippen LogP contribution in [0.4, 0.5) is 0 Å². The molecule has 0 aromatic heterocycles. The van der Waals surface area contributed by atoms with Crippen molar-refractivity contribution in [3.63, 3.8) is 0 Å². The average molecular weight is 291 g/mol. The van der Waals surface area contributed by atoms with E-state index in [0.29, 0.717) is 6.54 Å². The van der Waals surface area contributed by atoms with E-state index in [4.69, 9.17) is 4.74 Å². The Morgan fingerprint density at radius 1 is 1.00 bits per heavy atom. The van der Waals surface area contributed by atoms with Gasteiger partial charge in [0.2, 0.25) is 11.8 Å². The van der Waals surface area contributed by atoms with Crippen LogP contribution in [-0.2, 0) is 14.3 Å². The van der Waals surface area contributed by atoms with Crippen LogP contribution < -0.4 is 0 Å². The molecule has 0 saturated carbocycles.